The largest absolute Gasteiger partial charge is 0.383 e. The molecule has 190 valence electrons. The Labute approximate surface area is 206 Å². The van der Waals surface area contributed by atoms with Crippen LogP contribution in [0.2, 0.25) is 0 Å². The van der Waals surface area contributed by atoms with E-state index in [9.17, 15) is 14.4 Å². The molecule has 1 unspecified atom stereocenters. The lowest BCUT2D eigenvalue weighted by Gasteiger charge is -2.30. The van der Waals surface area contributed by atoms with Crippen LogP contribution in [0.15, 0.2) is 18.5 Å². The van der Waals surface area contributed by atoms with E-state index in [1.165, 1.54) is 6.42 Å². The first-order valence-electron chi connectivity index (χ1n) is 12.8. The van der Waals surface area contributed by atoms with E-state index >= 15 is 0 Å². The number of benzene rings is 1. The zero-order valence-corrected chi connectivity index (χ0v) is 21.0. The van der Waals surface area contributed by atoms with Gasteiger partial charge in [0, 0.05) is 50.3 Å². The molecular formula is C26H37N5O4. The lowest BCUT2D eigenvalue weighted by Crippen LogP contribution is -2.45. The predicted molar refractivity (Wildman–Crippen MR) is 134 cm³/mol. The molecule has 1 aromatic heterocycles. The van der Waals surface area contributed by atoms with Gasteiger partial charge in [-0.05, 0) is 45.2 Å². The number of nitrogens with one attached hydrogen (secondary N) is 2. The molecule has 3 amide bonds. The molecule has 1 aliphatic carbocycles. The molecule has 2 fully saturated rings. The number of hydrogen-bond donors (Lipinski definition) is 2. The molecule has 0 radical (unpaired) electrons. The van der Waals surface area contributed by atoms with Gasteiger partial charge in [0.25, 0.3) is 5.91 Å². The van der Waals surface area contributed by atoms with Gasteiger partial charge in [-0.25, -0.2) is 4.98 Å². The molecule has 2 heterocycles. The molecule has 35 heavy (non-hydrogen) atoms. The summed E-state index contributed by atoms with van der Waals surface area (Å²) in [7, 11) is 1.64. The van der Waals surface area contributed by atoms with E-state index < -0.39 is 0 Å². The van der Waals surface area contributed by atoms with Crippen molar-refractivity contribution in [1.29, 1.82) is 0 Å². The summed E-state index contributed by atoms with van der Waals surface area (Å²) in [6.45, 7) is 5.43. The van der Waals surface area contributed by atoms with E-state index in [-0.39, 0.29) is 35.7 Å². The van der Waals surface area contributed by atoms with E-state index in [4.69, 9.17) is 4.74 Å². The summed E-state index contributed by atoms with van der Waals surface area (Å²) in [5.41, 5.74) is 2.46. The zero-order valence-electron chi connectivity index (χ0n) is 21.0. The molecule has 4 rings (SSSR count). The number of fused-ring (bicyclic) bond motifs is 1. The highest BCUT2D eigenvalue weighted by Crippen LogP contribution is 2.29. The van der Waals surface area contributed by atoms with Crippen molar-refractivity contribution in [3.05, 3.63) is 24.0 Å². The molecule has 1 aromatic carbocycles. The van der Waals surface area contributed by atoms with Crippen LogP contribution in [0.25, 0.3) is 11.0 Å². The number of aromatic nitrogens is 2. The van der Waals surface area contributed by atoms with Crippen LogP contribution in [-0.4, -0.2) is 64.5 Å². The fourth-order valence-electron chi connectivity index (χ4n) is 5.15. The van der Waals surface area contributed by atoms with Crippen molar-refractivity contribution < 1.29 is 19.1 Å². The molecule has 1 saturated heterocycles. The van der Waals surface area contributed by atoms with Gasteiger partial charge >= 0.3 is 0 Å². The second-order valence-electron chi connectivity index (χ2n) is 10.0. The number of nitrogens with zero attached hydrogens (tertiary/aromatic N) is 3. The summed E-state index contributed by atoms with van der Waals surface area (Å²) in [4.78, 5) is 45.0. The Balaban J connectivity index is 1.67. The van der Waals surface area contributed by atoms with E-state index in [0.29, 0.717) is 49.3 Å². The number of hydrogen-bond acceptors (Lipinski definition) is 5. The zero-order chi connectivity index (χ0) is 24.9. The number of anilines is 1. The van der Waals surface area contributed by atoms with E-state index in [1.807, 2.05) is 24.5 Å². The Kier molecular flexibility index (Phi) is 8.05. The molecule has 9 heteroatoms. The number of carbonyl (C=O) groups excluding carboxylic acids is 3. The van der Waals surface area contributed by atoms with Crippen LogP contribution in [0.4, 0.5) is 5.69 Å². The van der Waals surface area contributed by atoms with Crippen molar-refractivity contribution >= 4 is 34.4 Å². The van der Waals surface area contributed by atoms with Gasteiger partial charge in [0.2, 0.25) is 11.8 Å². The average Bonchev–Trinajstić information content (AvgIpc) is 3.46. The Morgan fingerprint density at radius 3 is 2.66 bits per heavy atom. The number of imidazole rings is 1. The second kappa shape index (κ2) is 11.2. The van der Waals surface area contributed by atoms with Gasteiger partial charge in [-0.1, -0.05) is 19.3 Å². The minimum Gasteiger partial charge on any atom is -0.383 e. The number of methoxy groups -OCH3 is 1. The molecule has 1 aliphatic heterocycles. The maximum Gasteiger partial charge on any atom is 0.256 e. The minimum atomic E-state index is -0.140. The van der Waals surface area contributed by atoms with Crippen molar-refractivity contribution in [2.45, 2.75) is 77.4 Å². The normalized spacial score (nSPS) is 18.7. The maximum absolute atomic E-state index is 14.0. The Hall–Kier alpha value is -2.94. The summed E-state index contributed by atoms with van der Waals surface area (Å²) in [6.07, 6.45) is 8.05. The quantitative estimate of drug-likeness (QED) is 0.569. The first-order chi connectivity index (χ1) is 16.9. The number of carbonyl (C=O) groups is 3. The van der Waals surface area contributed by atoms with Crippen LogP contribution in [-0.2, 0) is 20.9 Å². The maximum atomic E-state index is 14.0. The summed E-state index contributed by atoms with van der Waals surface area (Å²) >= 11 is 0. The summed E-state index contributed by atoms with van der Waals surface area (Å²) in [5.74, 6) is -0.0932. The average molecular weight is 484 g/mol. The molecule has 1 atom stereocenters. The molecule has 1 saturated carbocycles. The standard InChI is InChI=1S/C26H37N5O4/c1-17(2)31(15-19-9-10-23(32)28-19)26(34)21-13-20(29-25(33)18-7-5-4-6-8-18)14-22-24(21)30(16-27-22)11-12-35-3/h13-14,16-19H,4-12,15H2,1-3H3,(H,28,32)(H,29,33). The SMILES string of the molecule is COCCn1cnc2cc(NC(=O)C3CCCCC3)cc(C(=O)N(CC3CCC(=O)N3)C(C)C)c21. The highest BCUT2D eigenvalue weighted by molar-refractivity contribution is 6.08. The van der Waals surface area contributed by atoms with Crippen molar-refractivity contribution in [2.24, 2.45) is 5.92 Å². The van der Waals surface area contributed by atoms with Crippen LogP contribution in [0.5, 0.6) is 0 Å². The summed E-state index contributed by atoms with van der Waals surface area (Å²) < 4.78 is 7.18. The summed E-state index contributed by atoms with van der Waals surface area (Å²) in [5, 5.41) is 6.02. The Morgan fingerprint density at radius 2 is 2.00 bits per heavy atom. The molecular weight excluding hydrogens is 446 g/mol. The van der Waals surface area contributed by atoms with Crippen molar-refractivity contribution in [1.82, 2.24) is 19.8 Å². The Morgan fingerprint density at radius 1 is 1.23 bits per heavy atom. The van der Waals surface area contributed by atoms with E-state index in [0.717, 1.165) is 31.2 Å². The summed E-state index contributed by atoms with van der Waals surface area (Å²) in [6, 6.07) is 3.49. The van der Waals surface area contributed by atoms with E-state index in [1.54, 1.807) is 24.4 Å². The smallest absolute Gasteiger partial charge is 0.256 e. The highest BCUT2D eigenvalue weighted by Gasteiger charge is 2.30. The third kappa shape index (κ3) is 5.83. The first-order valence-corrected chi connectivity index (χ1v) is 12.8. The van der Waals surface area contributed by atoms with Gasteiger partial charge in [-0.3, -0.25) is 14.4 Å². The molecule has 9 nitrogen and oxygen atoms in total. The second-order valence-corrected chi connectivity index (χ2v) is 10.0. The van der Waals surface area contributed by atoms with Gasteiger partial charge in [0.05, 0.1) is 29.5 Å². The molecule has 2 aliphatic rings. The van der Waals surface area contributed by atoms with Gasteiger partial charge in [-0.2, -0.15) is 0 Å². The molecule has 0 spiro atoms. The van der Waals surface area contributed by atoms with Crippen LogP contribution in [0, 0.1) is 5.92 Å². The van der Waals surface area contributed by atoms with Crippen molar-refractivity contribution in [3.63, 3.8) is 0 Å². The molecule has 0 bridgehead atoms. The topological polar surface area (TPSA) is 106 Å². The van der Waals surface area contributed by atoms with E-state index in [2.05, 4.69) is 15.6 Å². The number of amides is 3. The molecule has 2 N–H and O–H groups in total. The van der Waals surface area contributed by atoms with Crippen molar-refractivity contribution in [3.8, 4) is 0 Å². The fourth-order valence-corrected chi connectivity index (χ4v) is 5.15. The number of ether oxygens (including phenoxy) is 1. The fraction of sp³-hybridized carbons (Fsp3) is 0.615. The molecule has 2 aromatic rings. The van der Waals surface area contributed by atoms with Crippen LogP contribution < -0.4 is 10.6 Å². The van der Waals surface area contributed by atoms with Gasteiger partial charge in [-0.15, -0.1) is 0 Å². The predicted octanol–water partition coefficient (Wildman–Crippen LogP) is 3.33. The van der Waals surface area contributed by atoms with Crippen molar-refractivity contribution in [2.75, 3.05) is 25.6 Å². The lowest BCUT2D eigenvalue weighted by atomic mass is 9.88. The Bertz CT molecular complexity index is 1070. The lowest BCUT2D eigenvalue weighted by molar-refractivity contribution is -0.121. The van der Waals surface area contributed by atoms with Crippen LogP contribution >= 0.6 is 0 Å². The number of rotatable bonds is 9. The van der Waals surface area contributed by atoms with Crippen LogP contribution in [0.1, 0.15) is 69.2 Å². The monoisotopic (exact) mass is 483 g/mol. The van der Waals surface area contributed by atoms with Gasteiger partial charge in [0.15, 0.2) is 0 Å². The third-order valence-corrected chi connectivity index (χ3v) is 7.11. The third-order valence-electron chi connectivity index (χ3n) is 7.11. The first kappa shape index (κ1) is 25.2. The van der Waals surface area contributed by atoms with Gasteiger partial charge < -0.3 is 24.8 Å². The van der Waals surface area contributed by atoms with Crippen LogP contribution in [0.3, 0.4) is 0 Å². The highest BCUT2D eigenvalue weighted by atomic mass is 16.5. The minimum absolute atomic E-state index is 0.00986. The van der Waals surface area contributed by atoms with Gasteiger partial charge in [0.1, 0.15) is 0 Å².